The minimum Gasteiger partial charge on any atom is -0.376 e. The first kappa shape index (κ1) is 15.7. The van der Waals surface area contributed by atoms with E-state index < -0.39 is 0 Å². The minimum absolute atomic E-state index is 0.0627. The minimum atomic E-state index is -0.176. The third-order valence-electron chi connectivity index (χ3n) is 4.63. The fourth-order valence-corrected chi connectivity index (χ4v) is 3.66. The van der Waals surface area contributed by atoms with Crippen molar-refractivity contribution in [2.45, 2.75) is 25.1 Å². The number of nitrogens with one attached hydrogen (secondary N) is 1. The molecule has 2 atom stereocenters. The van der Waals surface area contributed by atoms with Gasteiger partial charge in [-0.25, -0.2) is 0 Å². The highest BCUT2D eigenvalue weighted by molar-refractivity contribution is 9.10. The van der Waals surface area contributed by atoms with Crippen molar-refractivity contribution >= 4 is 27.5 Å². The van der Waals surface area contributed by atoms with Crippen molar-refractivity contribution in [3.05, 3.63) is 64.1 Å². The molecule has 1 N–H and O–H groups in total. The zero-order valence-electron chi connectivity index (χ0n) is 13.2. The van der Waals surface area contributed by atoms with Crippen LogP contribution in [0.25, 0.3) is 0 Å². The van der Waals surface area contributed by atoms with Gasteiger partial charge in [-0.2, -0.15) is 0 Å². The Bertz CT molecular complexity index is 741. The molecule has 2 aliphatic heterocycles. The van der Waals surface area contributed by atoms with Crippen molar-refractivity contribution in [3.8, 4) is 0 Å². The number of rotatable bonds is 3. The molecular formula is C19H19BrN2O2. The summed E-state index contributed by atoms with van der Waals surface area (Å²) in [4.78, 5) is 15.0. The van der Waals surface area contributed by atoms with Gasteiger partial charge in [0.2, 0.25) is 0 Å². The Morgan fingerprint density at radius 2 is 1.96 bits per heavy atom. The van der Waals surface area contributed by atoms with Crippen molar-refractivity contribution in [1.82, 2.24) is 4.90 Å². The van der Waals surface area contributed by atoms with E-state index in [-0.39, 0.29) is 18.2 Å². The Kier molecular flexibility index (Phi) is 4.29. The van der Waals surface area contributed by atoms with Gasteiger partial charge in [0.1, 0.15) is 6.17 Å². The predicted octanol–water partition coefficient (Wildman–Crippen LogP) is 4.19. The van der Waals surface area contributed by atoms with Crippen molar-refractivity contribution in [2.24, 2.45) is 0 Å². The van der Waals surface area contributed by atoms with Crippen molar-refractivity contribution < 1.29 is 9.53 Å². The molecule has 2 heterocycles. The molecule has 2 aromatic carbocycles. The van der Waals surface area contributed by atoms with Crippen molar-refractivity contribution in [2.75, 3.05) is 18.5 Å². The van der Waals surface area contributed by atoms with Gasteiger partial charge in [0.25, 0.3) is 5.91 Å². The molecule has 2 aliphatic rings. The van der Waals surface area contributed by atoms with E-state index in [1.165, 1.54) is 0 Å². The van der Waals surface area contributed by atoms with Crippen LogP contribution < -0.4 is 5.32 Å². The molecule has 0 aliphatic carbocycles. The van der Waals surface area contributed by atoms with Crippen LogP contribution in [0.5, 0.6) is 0 Å². The number of benzene rings is 2. The average molecular weight is 387 g/mol. The van der Waals surface area contributed by atoms with Crippen molar-refractivity contribution in [1.29, 1.82) is 0 Å². The summed E-state index contributed by atoms with van der Waals surface area (Å²) in [6.45, 7) is 1.40. The number of nitrogens with zero attached hydrogens (tertiary/aromatic N) is 1. The second-order valence-electron chi connectivity index (χ2n) is 6.24. The fourth-order valence-electron chi connectivity index (χ4n) is 3.40. The van der Waals surface area contributed by atoms with Crippen LogP contribution in [0.3, 0.4) is 0 Å². The third kappa shape index (κ3) is 2.94. The van der Waals surface area contributed by atoms with Gasteiger partial charge in [-0.05, 0) is 42.7 Å². The Balaban J connectivity index is 1.70. The normalized spacial score (nSPS) is 23.0. The molecule has 0 radical (unpaired) electrons. The molecule has 0 bridgehead atoms. The first-order valence-electron chi connectivity index (χ1n) is 8.26. The number of ether oxygens (including phenoxy) is 1. The van der Waals surface area contributed by atoms with Crippen LogP contribution in [0, 0.1) is 0 Å². The first-order chi connectivity index (χ1) is 11.7. The molecular weight excluding hydrogens is 368 g/mol. The molecule has 5 heteroatoms. The Hall–Kier alpha value is -1.85. The maximum absolute atomic E-state index is 13.1. The van der Waals surface area contributed by atoms with E-state index in [9.17, 15) is 4.79 Å². The second kappa shape index (κ2) is 6.57. The van der Waals surface area contributed by atoms with Gasteiger partial charge in [-0.1, -0.05) is 40.2 Å². The molecule has 124 valence electrons. The zero-order chi connectivity index (χ0) is 16.5. The molecule has 0 saturated carbocycles. The fraction of sp³-hybridized carbons (Fsp3) is 0.316. The number of carbonyl (C=O) groups excluding carboxylic acids is 1. The van der Waals surface area contributed by atoms with Gasteiger partial charge in [0, 0.05) is 23.3 Å². The van der Waals surface area contributed by atoms with Gasteiger partial charge in [-0.15, -0.1) is 0 Å². The maximum atomic E-state index is 13.1. The van der Waals surface area contributed by atoms with Gasteiger partial charge >= 0.3 is 0 Å². The maximum Gasteiger partial charge on any atom is 0.257 e. The van der Waals surface area contributed by atoms with E-state index in [4.69, 9.17) is 4.74 Å². The van der Waals surface area contributed by atoms with Gasteiger partial charge in [-0.3, -0.25) is 4.79 Å². The SMILES string of the molecule is O=C1c2ccccc2N[C@H](c2ccc(Br)cc2)N1C[C@@H]1CCCO1. The van der Waals surface area contributed by atoms with E-state index in [0.29, 0.717) is 6.54 Å². The summed E-state index contributed by atoms with van der Waals surface area (Å²) in [6, 6.07) is 15.8. The molecule has 1 fully saturated rings. The highest BCUT2D eigenvalue weighted by atomic mass is 79.9. The van der Waals surface area contributed by atoms with Crippen LogP contribution in [-0.4, -0.2) is 30.1 Å². The Morgan fingerprint density at radius 3 is 2.71 bits per heavy atom. The highest BCUT2D eigenvalue weighted by Crippen LogP contribution is 2.34. The lowest BCUT2D eigenvalue weighted by atomic mass is 10.0. The predicted molar refractivity (Wildman–Crippen MR) is 97.0 cm³/mol. The van der Waals surface area contributed by atoms with Crippen LogP contribution >= 0.6 is 15.9 Å². The van der Waals surface area contributed by atoms with E-state index >= 15 is 0 Å². The van der Waals surface area contributed by atoms with Gasteiger partial charge in [0.15, 0.2) is 0 Å². The Labute approximate surface area is 149 Å². The quantitative estimate of drug-likeness (QED) is 0.859. The van der Waals surface area contributed by atoms with Crippen LogP contribution in [0.4, 0.5) is 5.69 Å². The summed E-state index contributed by atoms with van der Waals surface area (Å²) in [5.74, 6) is 0.0627. The van der Waals surface area contributed by atoms with E-state index in [0.717, 1.165) is 40.7 Å². The number of halogens is 1. The lowest BCUT2D eigenvalue weighted by Crippen LogP contribution is -2.46. The molecule has 4 rings (SSSR count). The summed E-state index contributed by atoms with van der Waals surface area (Å²) >= 11 is 3.47. The number of carbonyl (C=O) groups is 1. The molecule has 0 unspecified atom stereocenters. The molecule has 1 amide bonds. The van der Waals surface area contributed by atoms with Gasteiger partial charge < -0.3 is 15.0 Å². The monoisotopic (exact) mass is 386 g/mol. The lowest BCUT2D eigenvalue weighted by molar-refractivity contribution is 0.0427. The highest BCUT2D eigenvalue weighted by Gasteiger charge is 2.35. The van der Waals surface area contributed by atoms with Crippen LogP contribution in [-0.2, 0) is 4.74 Å². The van der Waals surface area contributed by atoms with Crippen molar-refractivity contribution in [3.63, 3.8) is 0 Å². The van der Waals surface area contributed by atoms with E-state index in [2.05, 4.69) is 21.2 Å². The number of fused-ring (bicyclic) bond motifs is 1. The zero-order valence-corrected chi connectivity index (χ0v) is 14.8. The summed E-state index contributed by atoms with van der Waals surface area (Å²) in [5.41, 5.74) is 2.68. The van der Waals surface area contributed by atoms with Crippen LogP contribution in [0.2, 0.25) is 0 Å². The smallest absolute Gasteiger partial charge is 0.257 e. The van der Waals surface area contributed by atoms with E-state index in [1.54, 1.807) is 0 Å². The summed E-state index contributed by atoms with van der Waals surface area (Å²) < 4.78 is 6.79. The number of amides is 1. The largest absolute Gasteiger partial charge is 0.376 e. The third-order valence-corrected chi connectivity index (χ3v) is 5.16. The molecule has 0 spiro atoms. The second-order valence-corrected chi connectivity index (χ2v) is 7.15. The molecule has 2 aromatic rings. The van der Waals surface area contributed by atoms with Gasteiger partial charge in [0.05, 0.1) is 11.7 Å². The average Bonchev–Trinajstić information content (AvgIpc) is 3.11. The summed E-state index contributed by atoms with van der Waals surface area (Å²) in [5, 5.41) is 3.52. The lowest BCUT2D eigenvalue weighted by Gasteiger charge is -2.39. The number of hydrogen-bond acceptors (Lipinski definition) is 3. The number of anilines is 1. The molecule has 4 nitrogen and oxygen atoms in total. The molecule has 24 heavy (non-hydrogen) atoms. The summed E-state index contributed by atoms with van der Waals surface area (Å²) in [7, 11) is 0. The standard InChI is InChI=1S/C19H19BrN2O2/c20-14-9-7-13(8-10-14)18-21-17-6-2-1-5-16(17)19(23)22(18)12-15-4-3-11-24-15/h1-2,5-10,15,18,21H,3-4,11-12H2/t15-,18-/m0/s1. The molecule has 1 saturated heterocycles. The Morgan fingerprint density at radius 1 is 1.17 bits per heavy atom. The van der Waals surface area contributed by atoms with Crippen LogP contribution in [0.1, 0.15) is 34.9 Å². The van der Waals surface area contributed by atoms with Crippen LogP contribution in [0.15, 0.2) is 53.0 Å². The topological polar surface area (TPSA) is 41.6 Å². The molecule has 0 aromatic heterocycles. The number of hydrogen-bond donors (Lipinski definition) is 1. The first-order valence-corrected chi connectivity index (χ1v) is 9.05. The number of para-hydroxylation sites is 1. The van der Waals surface area contributed by atoms with E-state index in [1.807, 2.05) is 53.4 Å². The summed E-state index contributed by atoms with van der Waals surface area (Å²) in [6.07, 6.45) is 2.03.